The first kappa shape index (κ1) is 78.6. The van der Waals surface area contributed by atoms with Crippen LogP contribution in [0.2, 0.25) is 0 Å². The molecular weight excluding hydrogens is 1550 g/mol. The minimum Gasteiger partial charge on any atom is -0.277 e. The molecule has 22 rings (SSSR count). The second-order valence-corrected chi connectivity index (χ2v) is 36.2. The molecule has 9 aliphatic rings. The number of imide groups is 5. The molecule has 10 amide bonds. The number of aryl methyl sites for hydroxylation is 2. The number of hydrogen-bond acceptors (Lipinski definition) is 10. The number of nitrogens with zero attached hydrogens (tertiary/aromatic N) is 5. The van der Waals surface area contributed by atoms with Crippen molar-refractivity contribution < 1.29 is 47.9 Å². The van der Waals surface area contributed by atoms with Crippen LogP contribution in [0, 0.1) is 25.7 Å². The van der Waals surface area contributed by atoms with Crippen molar-refractivity contribution in [2.45, 2.75) is 108 Å². The zero-order valence-corrected chi connectivity index (χ0v) is 71.2. The first-order valence-electron chi connectivity index (χ1n) is 42.1. The molecule has 2 atom stereocenters. The van der Waals surface area contributed by atoms with Gasteiger partial charge in [-0.2, -0.15) is 0 Å². The van der Waals surface area contributed by atoms with E-state index in [1.165, 1.54) is 64.3 Å². The van der Waals surface area contributed by atoms with Gasteiger partial charge in [-0.05, 0) is 236 Å². The van der Waals surface area contributed by atoms with Gasteiger partial charge in [0.05, 0.1) is 77.8 Å². The lowest BCUT2D eigenvalue weighted by Crippen LogP contribution is -2.30. The highest BCUT2D eigenvalue weighted by molar-refractivity contribution is 6.36. The summed E-state index contributed by atoms with van der Waals surface area (Å²) >= 11 is 0. The molecule has 0 fully saturated rings. The molecule has 0 spiro atoms. The van der Waals surface area contributed by atoms with E-state index >= 15 is 0 Å². The van der Waals surface area contributed by atoms with Crippen LogP contribution in [0.3, 0.4) is 0 Å². The Kier molecular flexibility index (Phi) is 17.5. The van der Waals surface area contributed by atoms with Crippen LogP contribution in [0.25, 0.3) is 22.3 Å². The molecule has 0 radical (unpaired) electrons. The van der Waals surface area contributed by atoms with Crippen molar-refractivity contribution in [3.63, 3.8) is 0 Å². The fraction of sp³-hybridized carbons (Fsp3) is 0.182. The molecule has 2 unspecified atom stereocenters. The van der Waals surface area contributed by atoms with Gasteiger partial charge in [0.15, 0.2) is 0 Å². The lowest BCUT2D eigenvalue weighted by molar-refractivity contribution is 0.0677. The molecule has 0 bridgehead atoms. The fourth-order valence-corrected chi connectivity index (χ4v) is 22.3. The number of anilines is 2. The maximum absolute atomic E-state index is 14.5. The fourth-order valence-electron chi connectivity index (χ4n) is 22.3. The van der Waals surface area contributed by atoms with Crippen LogP contribution in [0.5, 0.6) is 0 Å². The van der Waals surface area contributed by atoms with Crippen LogP contribution in [-0.2, 0) is 32.5 Å². The highest BCUT2D eigenvalue weighted by Gasteiger charge is 2.54. The first-order chi connectivity index (χ1) is 59.9. The summed E-state index contributed by atoms with van der Waals surface area (Å²) in [6, 6.07) is 89.2. The Labute approximate surface area is 724 Å². The molecule has 4 aliphatic carbocycles. The van der Waals surface area contributed by atoms with E-state index in [4.69, 9.17) is 0 Å². The van der Waals surface area contributed by atoms with Gasteiger partial charge in [0, 0.05) is 37.5 Å². The Balaban J connectivity index is 0.000000135. The number of benzene rings is 13. The summed E-state index contributed by atoms with van der Waals surface area (Å²) in [6.07, 6.45) is 1.90. The molecule has 13 aromatic carbocycles. The number of fused-ring (bicyclic) bond motifs is 13. The third kappa shape index (κ3) is 11.1. The molecular formula is C110H85N5O10. The first-order valence-corrected chi connectivity index (χ1v) is 42.1. The Morgan fingerprint density at radius 3 is 0.896 bits per heavy atom. The molecule has 13 aromatic rings. The second-order valence-electron chi connectivity index (χ2n) is 36.2. The Morgan fingerprint density at radius 2 is 0.528 bits per heavy atom. The van der Waals surface area contributed by atoms with Crippen molar-refractivity contribution >= 4 is 70.4 Å². The van der Waals surface area contributed by atoms with Crippen LogP contribution in [0.4, 0.5) is 11.4 Å². The van der Waals surface area contributed by atoms with Gasteiger partial charge >= 0.3 is 0 Å². The van der Waals surface area contributed by atoms with E-state index in [1.807, 2.05) is 121 Å². The summed E-state index contributed by atoms with van der Waals surface area (Å²) in [5, 5.41) is 0. The number of amides is 10. The molecule has 0 N–H and O–H groups in total. The van der Waals surface area contributed by atoms with Gasteiger partial charge < -0.3 is 0 Å². The lowest BCUT2D eigenvalue weighted by atomic mass is 9.67. The number of rotatable bonds is 8. The van der Waals surface area contributed by atoms with Crippen LogP contribution in [-0.4, -0.2) is 94.9 Å². The summed E-state index contributed by atoms with van der Waals surface area (Å²) in [5.74, 6) is 2.27. The second kappa shape index (κ2) is 27.8. The van der Waals surface area contributed by atoms with E-state index in [0.29, 0.717) is 67.0 Å². The van der Waals surface area contributed by atoms with Crippen molar-refractivity contribution in [1.82, 2.24) is 14.7 Å². The average molecular weight is 1640 g/mol. The monoisotopic (exact) mass is 1640 g/mol. The summed E-state index contributed by atoms with van der Waals surface area (Å²) in [7, 11) is 4.48. The Bertz CT molecular complexity index is 7100. The summed E-state index contributed by atoms with van der Waals surface area (Å²) in [6.45, 7) is 19.8. The van der Waals surface area contributed by atoms with E-state index in [9.17, 15) is 47.9 Å². The van der Waals surface area contributed by atoms with Crippen LogP contribution in [0.1, 0.15) is 259 Å². The van der Waals surface area contributed by atoms with Crippen molar-refractivity contribution in [2.75, 3.05) is 30.9 Å². The largest absolute Gasteiger partial charge is 0.277 e. The molecule has 0 saturated carbocycles. The molecule has 15 nitrogen and oxygen atoms in total. The molecule has 610 valence electrons. The normalized spacial score (nSPS) is 19.0. The number of carbonyl (C=O) groups is 10. The van der Waals surface area contributed by atoms with Gasteiger partial charge in [0.1, 0.15) is 0 Å². The van der Waals surface area contributed by atoms with E-state index in [0.717, 1.165) is 111 Å². The SMILES string of the molecule is CC#Cc1ccc2c(c1)C(=O)N(C)C2=O.Cc1ccc2c(c1)C(C)(C)CC2(C)c1ccc(N2C(=O)c3ccc(C4(c5ccc6c(c5)C(=O)N(C)C6=O)c5ccccc5-c5ccccc54)cc3C2=O)cc1.Cc1ccc2c(c1)C(C)(c1ccc(N3C(=O)c4ccc(C5(c6ccc7c(c6)C(=O)N(C)C7=O)c6ccccc6-c6ccccc65)cc4C3=O)cc1)CC2(C)C. The van der Waals surface area contributed by atoms with Crippen molar-refractivity contribution in [3.05, 3.63) is 423 Å². The lowest BCUT2D eigenvalue weighted by Gasteiger charge is -2.34. The third-order valence-corrected chi connectivity index (χ3v) is 28.1. The van der Waals surface area contributed by atoms with E-state index in [-0.39, 0.29) is 80.7 Å². The quantitative estimate of drug-likeness (QED) is 0.105. The minimum absolute atomic E-state index is 0.00974. The number of hydrogen-bond donors (Lipinski definition) is 0. The molecule has 15 heteroatoms. The van der Waals surface area contributed by atoms with E-state index in [2.05, 4.69) is 176 Å². The minimum atomic E-state index is -0.945. The van der Waals surface area contributed by atoms with Crippen molar-refractivity contribution in [1.29, 1.82) is 0 Å². The van der Waals surface area contributed by atoms with Gasteiger partial charge in [-0.15, -0.1) is 5.92 Å². The predicted octanol–water partition coefficient (Wildman–Crippen LogP) is 20.0. The zero-order valence-electron chi connectivity index (χ0n) is 71.2. The number of carbonyl (C=O) groups excluding carboxylic acids is 10. The zero-order chi connectivity index (χ0) is 87.4. The predicted molar refractivity (Wildman–Crippen MR) is 481 cm³/mol. The van der Waals surface area contributed by atoms with Gasteiger partial charge in [-0.3, -0.25) is 62.6 Å². The highest BCUT2D eigenvalue weighted by Crippen LogP contribution is 2.61. The van der Waals surface area contributed by atoms with Crippen LogP contribution in [0.15, 0.2) is 273 Å². The Hall–Kier alpha value is -14.9. The van der Waals surface area contributed by atoms with Crippen LogP contribution >= 0.6 is 0 Å². The molecule has 0 saturated heterocycles. The average Bonchev–Trinajstić information content (AvgIpc) is 1.53. The summed E-state index contributed by atoms with van der Waals surface area (Å²) in [5.41, 5.74) is 24.6. The molecule has 5 aliphatic heterocycles. The van der Waals surface area contributed by atoms with Crippen LogP contribution < -0.4 is 9.80 Å². The Morgan fingerprint density at radius 1 is 0.248 bits per heavy atom. The van der Waals surface area contributed by atoms with Gasteiger partial charge in [-0.25, -0.2) is 9.80 Å². The molecule has 5 heterocycles. The summed E-state index contributed by atoms with van der Waals surface area (Å²) < 4.78 is 0. The van der Waals surface area contributed by atoms with E-state index in [1.54, 1.807) is 49.4 Å². The topological polar surface area (TPSA) is 187 Å². The highest BCUT2D eigenvalue weighted by atomic mass is 16.2. The maximum Gasteiger partial charge on any atom is 0.266 e. The third-order valence-electron chi connectivity index (χ3n) is 28.1. The van der Waals surface area contributed by atoms with Gasteiger partial charge in [-0.1, -0.05) is 241 Å². The van der Waals surface area contributed by atoms with E-state index < -0.39 is 10.8 Å². The standard InChI is InChI=1S/2C49H38N2O4.C12H9NO2/c1-28-14-23-41-42(24-28)47(2,3)27-48(41,4)29-15-19-32(20-16-29)51-45(54)36-22-18-31(26-38(36)46(51)55)49(30-17-21-35-37(25-30)44(53)50(5)43(35)52)39-12-8-6-10-33(39)34-11-7-9-13-40(34)49;1-28-14-23-41-42(24-28)48(4,27-47(41,2)3)29-15-19-32(20-16-29)51-45(54)36-22-18-31(26-38(36)46(51)55)49(30-17-21-35-37(25-30)44(53)50(5)43(35)52)39-12-8-6-10-33(39)34-11-7-9-13-40(34)49;1-3-4-8-5-6-9-10(7-8)12(15)13(2)11(9)14/h2*6-26H,27H2,1-5H3;5-7H,1-2H3. The van der Waals surface area contributed by atoms with Crippen molar-refractivity contribution in [2.24, 2.45) is 0 Å². The maximum atomic E-state index is 14.5. The smallest absolute Gasteiger partial charge is 0.266 e. The molecule has 125 heavy (non-hydrogen) atoms. The molecule has 0 aromatic heterocycles. The van der Waals surface area contributed by atoms with Crippen molar-refractivity contribution in [3.8, 4) is 34.1 Å². The summed E-state index contributed by atoms with van der Waals surface area (Å²) in [4.78, 5) is 139. The van der Waals surface area contributed by atoms with Gasteiger partial charge in [0.2, 0.25) is 0 Å². The van der Waals surface area contributed by atoms with Gasteiger partial charge in [0.25, 0.3) is 59.1 Å².